The van der Waals surface area contributed by atoms with Gasteiger partial charge in [-0.15, -0.1) is 0 Å². The predicted octanol–water partition coefficient (Wildman–Crippen LogP) is 3.39. The van der Waals surface area contributed by atoms with E-state index in [1.54, 1.807) is 12.1 Å². The Morgan fingerprint density at radius 3 is 2.55 bits per heavy atom. The first-order valence-corrected chi connectivity index (χ1v) is 9.77. The molecule has 1 aliphatic heterocycles. The number of nitrogens with zero attached hydrogens (tertiary/aromatic N) is 3. The molecule has 1 aliphatic rings. The van der Waals surface area contributed by atoms with Crippen LogP contribution in [0.1, 0.15) is 12.2 Å². The molecule has 0 spiro atoms. The summed E-state index contributed by atoms with van der Waals surface area (Å²) in [7, 11) is 1.51. The fourth-order valence-electron chi connectivity index (χ4n) is 2.95. The molecule has 0 saturated carbocycles. The van der Waals surface area contributed by atoms with Crippen molar-refractivity contribution in [3.8, 4) is 17.2 Å². The van der Waals surface area contributed by atoms with Crippen molar-refractivity contribution in [1.82, 2.24) is 15.3 Å². The van der Waals surface area contributed by atoms with Gasteiger partial charge in [0.2, 0.25) is 11.7 Å². The molecule has 156 valence electrons. The number of carbonyl (C=O) groups is 1. The van der Waals surface area contributed by atoms with Crippen molar-refractivity contribution in [3.05, 3.63) is 36.4 Å². The quantitative estimate of drug-likeness (QED) is 0.646. The summed E-state index contributed by atoms with van der Waals surface area (Å²) in [6, 6.07) is 5.21. The molecule has 1 fully saturated rings. The summed E-state index contributed by atoms with van der Waals surface area (Å²) in [4.78, 5) is 20.2. The van der Waals surface area contributed by atoms with E-state index in [4.69, 9.17) is 9.47 Å². The van der Waals surface area contributed by atoms with Gasteiger partial charge in [-0.3, -0.25) is 4.79 Å². The van der Waals surface area contributed by atoms with E-state index in [2.05, 4.69) is 36.1 Å². The van der Waals surface area contributed by atoms with Crippen LogP contribution < -0.4 is 19.7 Å². The molecule has 0 radical (unpaired) electrons. The Bertz CT molecular complexity index is 864. The second-order valence-electron chi connectivity index (χ2n) is 6.34. The smallest absolute Gasteiger partial charge is 0.451 e. The first-order valence-electron chi connectivity index (χ1n) is 8.65. The van der Waals surface area contributed by atoms with Gasteiger partial charge in [-0.05, 0) is 6.42 Å². The number of anilines is 1. The Morgan fingerprint density at radius 1 is 1.24 bits per heavy atom. The summed E-state index contributed by atoms with van der Waals surface area (Å²) in [6.45, 7) is 1.35. The number of aromatic nitrogens is 2. The van der Waals surface area contributed by atoms with Crippen LogP contribution >= 0.6 is 15.9 Å². The van der Waals surface area contributed by atoms with Gasteiger partial charge < -0.3 is 19.7 Å². The van der Waals surface area contributed by atoms with Crippen molar-refractivity contribution in [2.24, 2.45) is 0 Å². The lowest BCUT2D eigenvalue weighted by molar-refractivity contribution is -0.145. The van der Waals surface area contributed by atoms with Crippen LogP contribution in [0.25, 0.3) is 0 Å². The summed E-state index contributed by atoms with van der Waals surface area (Å²) >= 11 is 3.13. The molecule has 1 saturated heterocycles. The van der Waals surface area contributed by atoms with Gasteiger partial charge in [0.15, 0.2) is 5.75 Å². The topological polar surface area (TPSA) is 76.6 Å². The summed E-state index contributed by atoms with van der Waals surface area (Å²) < 4.78 is 48.7. The number of amides is 1. The highest BCUT2D eigenvalue weighted by Crippen LogP contribution is 2.33. The molecule has 0 bridgehead atoms. The molecule has 2 aromatic rings. The number of rotatable bonds is 6. The van der Waals surface area contributed by atoms with E-state index < -0.39 is 12.0 Å². The fraction of sp³-hybridized carbons (Fsp3) is 0.389. The number of alkyl halides is 4. The van der Waals surface area contributed by atoms with E-state index >= 15 is 0 Å². The molecular formula is C18H18BrF3N4O3. The van der Waals surface area contributed by atoms with Crippen LogP contribution in [0.3, 0.4) is 0 Å². The maximum absolute atomic E-state index is 12.6. The van der Waals surface area contributed by atoms with Crippen LogP contribution in [0.5, 0.6) is 17.2 Å². The first kappa shape index (κ1) is 21.2. The summed E-state index contributed by atoms with van der Waals surface area (Å²) in [6.07, 6.45) is -1.88. The number of halogens is 4. The molecule has 0 unspecified atom stereocenters. The van der Waals surface area contributed by atoms with Crippen molar-refractivity contribution in [3.63, 3.8) is 0 Å². The lowest BCUT2D eigenvalue weighted by atomic mass is 10.2. The third kappa shape index (κ3) is 5.49. The largest absolute Gasteiger partial charge is 0.497 e. The Hall–Kier alpha value is -2.56. The van der Waals surface area contributed by atoms with E-state index in [9.17, 15) is 18.0 Å². The molecule has 2 heterocycles. The van der Waals surface area contributed by atoms with Crippen LogP contribution in [-0.4, -0.2) is 47.4 Å². The zero-order chi connectivity index (χ0) is 21.0. The number of hydrogen-bond donors (Lipinski definition) is 1. The lowest BCUT2D eigenvalue weighted by Crippen LogP contribution is -2.37. The number of ether oxygens (including phenoxy) is 2. The van der Waals surface area contributed by atoms with Crippen molar-refractivity contribution in [2.75, 3.05) is 30.4 Å². The van der Waals surface area contributed by atoms with Gasteiger partial charge in [0.1, 0.15) is 11.5 Å². The van der Waals surface area contributed by atoms with Gasteiger partial charge >= 0.3 is 6.18 Å². The molecule has 1 N–H and O–H groups in total. The maximum Gasteiger partial charge on any atom is 0.451 e. The van der Waals surface area contributed by atoms with Crippen LogP contribution in [0.4, 0.5) is 18.9 Å². The molecular weight excluding hydrogens is 457 g/mol. The van der Waals surface area contributed by atoms with Gasteiger partial charge in [-0.2, -0.15) is 13.2 Å². The van der Waals surface area contributed by atoms with Crippen molar-refractivity contribution >= 4 is 27.5 Å². The molecule has 1 amide bonds. The summed E-state index contributed by atoms with van der Waals surface area (Å²) in [5.41, 5.74) is 0.808. The monoisotopic (exact) mass is 474 g/mol. The van der Waals surface area contributed by atoms with Gasteiger partial charge in [0.25, 0.3) is 0 Å². The zero-order valence-corrected chi connectivity index (χ0v) is 17.0. The number of benzene rings is 1. The SMILES string of the molecule is COc1cc(Oc2cnc(C(F)(F)F)nc2)cc(N2CC[C@H](NC(=O)CBr)C2)c1. The minimum Gasteiger partial charge on any atom is -0.497 e. The van der Waals surface area contributed by atoms with Crippen LogP contribution in [0.15, 0.2) is 30.6 Å². The minimum absolute atomic E-state index is 0.0268. The van der Waals surface area contributed by atoms with Gasteiger partial charge in [0, 0.05) is 43.0 Å². The maximum atomic E-state index is 12.6. The first-order chi connectivity index (χ1) is 13.8. The standard InChI is InChI=1S/C18H18BrF3N4O3/c1-28-13-4-12(26-3-2-11(10-26)25-16(27)7-19)5-14(6-13)29-15-8-23-17(24-9-15)18(20,21)22/h4-6,8-9,11H,2-3,7,10H2,1H3,(H,25,27)/t11-/m0/s1. The molecule has 1 aromatic carbocycles. The van der Waals surface area contributed by atoms with Gasteiger partial charge in [-0.1, -0.05) is 15.9 Å². The van der Waals surface area contributed by atoms with E-state index in [-0.39, 0.29) is 23.0 Å². The molecule has 29 heavy (non-hydrogen) atoms. The van der Waals surface area contributed by atoms with E-state index in [1.807, 2.05) is 6.07 Å². The second kappa shape index (κ2) is 8.85. The highest BCUT2D eigenvalue weighted by atomic mass is 79.9. The Kier molecular flexibility index (Phi) is 6.46. The number of hydrogen-bond acceptors (Lipinski definition) is 6. The molecule has 1 atom stereocenters. The fourth-order valence-corrected chi connectivity index (χ4v) is 3.11. The number of nitrogens with one attached hydrogen (secondary N) is 1. The van der Waals surface area contributed by atoms with Crippen LogP contribution in [0, 0.1) is 0 Å². The Labute approximate surface area is 173 Å². The average Bonchev–Trinajstić information content (AvgIpc) is 3.15. The normalized spacial score (nSPS) is 16.6. The van der Waals surface area contributed by atoms with Crippen LogP contribution in [0.2, 0.25) is 0 Å². The third-order valence-corrected chi connectivity index (χ3v) is 4.77. The highest BCUT2D eigenvalue weighted by Gasteiger charge is 2.34. The van der Waals surface area contributed by atoms with E-state index in [0.717, 1.165) is 31.0 Å². The third-order valence-electron chi connectivity index (χ3n) is 4.26. The zero-order valence-electron chi connectivity index (χ0n) is 15.4. The summed E-state index contributed by atoms with van der Waals surface area (Å²) in [5.74, 6) is -0.339. The molecule has 3 rings (SSSR count). The Morgan fingerprint density at radius 2 is 1.93 bits per heavy atom. The number of methoxy groups -OCH3 is 1. The van der Waals surface area contributed by atoms with Gasteiger partial charge in [0.05, 0.1) is 24.8 Å². The summed E-state index contributed by atoms with van der Waals surface area (Å²) in [5, 5.41) is 3.18. The lowest BCUT2D eigenvalue weighted by Gasteiger charge is -2.21. The molecule has 1 aromatic heterocycles. The molecule has 0 aliphatic carbocycles. The van der Waals surface area contributed by atoms with Crippen LogP contribution in [-0.2, 0) is 11.0 Å². The van der Waals surface area contributed by atoms with E-state index in [1.165, 1.54) is 7.11 Å². The minimum atomic E-state index is -4.61. The van der Waals surface area contributed by atoms with Gasteiger partial charge in [-0.25, -0.2) is 9.97 Å². The average molecular weight is 475 g/mol. The van der Waals surface area contributed by atoms with E-state index in [0.29, 0.717) is 18.0 Å². The van der Waals surface area contributed by atoms with Crippen molar-refractivity contribution < 1.29 is 27.4 Å². The Balaban J connectivity index is 1.75. The second-order valence-corrected chi connectivity index (χ2v) is 6.90. The number of carbonyl (C=O) groups excluding carboxylic acids is 1. The molecule has 7 nitrogen and oxygen atoms in total. The molecule has 11 heteroatoms. The highest BCUT2D eigenvalue weighted by molar-refractivity contribution is 9.09. The van der Waals surface area contributed by atoms with Crippen molar-refractivity contribution in [1.29, 1.82) is 0 Å². The van der Waals surface area contributed by atoms with Crippen molar-refractivity contribution in [2.45, 2.75) is 18.6 Å². The predicted molar refractivity (Wildman–Crippen MR) is 103 cm³/mol.